The number of likely N-dealkylation sites (tertiary alicyclic amines) is 1. The third-order valence-corrected chi connectivity index (χ3v) is 5.92. The zero-order valence-electron chi connectivity index (χ0n) is 18.5. The summed E-state index contributed by atoms with van der Waals surface area (Å²) in [6.07, 6.45) is 1.77. The minimum Gasteiger partial charge on any atom is -0.375 e. The summed E-state index contributed by atoms with van der Waals surface area (Å²) in [7, 11) is 1.51. The number of hydrogen-bond acceptors (Lipinski definition) is 3. The summed E-state index contributed by atoms with van der Waals surface area (Å²) in [5.41, 5.74) is 1.82. The number of rotatable bonds is 7. The topological polar surface area (TPSA) is 58.6 Å². The normalized spacial score (nSPS) is 15.7. The smallest absolute Gasteiger partial charge is 0.248 e. The van der Waals surface area contributed by atoms with E-state index in [4.69, 9.17) is 4.74 Å². The van der Waals surface area contributed by atoms with Crippen LogP contribution in [0.5, 0.6) is 0 Å². The number of nitrogens with zero attached hydrogens (tertiary/aromatic N) is 1. The van der Waals surface area contributed by atoms with E-state index in [9.17, 15) is 14.0 Å². The van der Waals surface area contributed by atoms with Crippen molar-refractivity contribution in [1.29, 1.82) is 0 Å². The van der Waals surface area contributed by atoms with Gasteiger partial charge in [0.05, 0.1) is 5.41 Å². The van der Waals surface area contributed by atoms with Gasteiger partial charge in [-0.15, -0.1) is 0 Å². The lowest BCUT2D eigenvalue weighted by Gasteiger charge is -2.41. The molecule has 1 fully saturated rings. The lowest BCUT2D eigenvalue weighted by molar-refractivity contribution is -0.143. The van der Waals surface area contributed by atoms with Crippen LogP contribution in [0.1, 0.15) is 32.3 Å². The lowest BCUT2D eigenvalue weighted by atomic mass is 9.72. The molecule has 1 saturated heterocycles. The van der Waals surface area contributed by atoms with Crippen LogP contribution in [0.2, 0.25) is 0 Å². The Morgan fingerprint density at radius 3 is 2.32 bits per heavy atom. The molecule has 0 aromatic heterocycles. The largest absolute Gasteiger partial charge is 0.375 e. The Bertz CT molecular complexity index is 903. The molecule has 1 heterocycles. The number of carbonyl (C=O) groups excluding carboxylic acids is 2. The number of amides is 2. The molecule has 1 N–H and O–H groups in total. The van der Waals surface area contributed by atoms with Gasteiger partial charge in [-0.2, -0.15) is 0 Å². The minimum atomic E-state index is -0.576. The first-order chi connectivity index (χ1) is 14.8. The molecule has 0 radical (unpaired) electrons. The Hall–Kier alpha value is -2.73. The van der Waals surface area contributed by atoms with E-state index in [1.165, 1.54) is 13.2 Å². The molecule has 0 aliphatic carbocycles. The molecular weight excluding hydrogens is 395 g/mol. The van der Waals surface area contributed by atoms with Crippen molar-refractivity contribution < 1.29 is 18.7 Å². The predicted molar refractivity (Wildman–Crippen MR) is 119 cm³/mol. The number of benzene rings is 2. The van der Waals surface area contributed by atoms with Gasteiger partial charge in [-0.3, -0.25) is 9.59 Å². The van der Waals surface area contributed by atoms with E-state index in [1.54, 1.807) is 17.0 Å². The average Bonchev–Trinajstić information content (AvgIpc) is 2.75. The fourth-order valence-corrected chi connectivity index (χ4v) is 4.19. The van der Waals surface area contributed by atoms with Gasteiger partial charge < -0.3 is 15.0 Å². The molecule has 2 amide bonds. The number of carbonyl (C=O) groups is 2. The molecule has 0 spiro atoms. The fraction of sp³-hybridized carbons (Fsp3) is 0.440. The first-order valence-electron chi connectivity index (χ1n) is 10.8. The lowest BCUT2D eigenvalue weighted by Crippen LogP contribution is -2.52. The van der Waals surface area contributed by atoms with Gasteiger partial charge in [0.25, 0.3) is 0 Å². The second-order valence-electron chi connectivity index (χ2n) is 8.58. The summed E-state index contributed by atoms with van der Waals surface area (Å²) < 4.78 is 19.1. The van der Waals surface area contributed by atoms with Crippen LogP contribution in [0.3, 0.4) is 0 Å². The number of methoxy groups -OCH3 is 1. The van der Waals surface area contributed by atoms with Gasteiger partial charge >= 0.3 is 0 Å². The summed E-state index contributed by atoms with van der Waals surface area (Å²) in [5.74, 6) is -0.273. The fourth-order valence-electron chi connectivity index (χ4n) is 4.19. The van der Waals surface area contributed by atoms with Crippen molar-refractivity contribution in [1.82, 2.24) is 10.2 Å². The molecule has 0 unspecified atom stereocenters. The van der Waals surface area contributed by atoms with Gasteiger partial charge in [-0.05, 0) is 50.3 Å². The van der Waals surface area contributed by atoms with Gasteiger partial charge in [-0.1, -0.05) is 42.5 Å². The number of ether oxygens (including phenoxy) is 1. The second kappa shape index (κ2) is 10.1. The van der Waals surface area contributed by atoms with Crippen LogP contribution in [0.15, 0.2) is 48.5 Å². The second-order valence-corrected chi connectivity index (χ2v) is 8.58. The standard InChI is InChI=1S/C25H31FN2O3/c1-18(2)27-24(30)25(12-14-28(15-13-25)23(29)17-31-3)16-19-8-10-20(11-9-19)21-6-4-5-7-22(21)26/h4-11,18H,12-17H2,1-3H3,(H,27,30). The summed E-state index contributed by atoms with van der Waals surface area (Å²) in [4.78, 5) is 27.1. The van der Waals surface area contributed by atoms with E-state index in [0.29, 0.717) is 37.9 Å². The summed E-state index contributed by atoms with van der Waals surface area (Å²) >= 11 is 0. The molecule has 1 aliphatic heterocycles. The Balaban J connectivity index is 1.79. The quantitative estimate of drug-likeness (QED) is 0.732. The average molecular weight is 427 g/mol. The van der Waals surface area contributed by atoms with Gasteiger partial charge in [0.2, 0.25) is 11.8 Å². The van der Waals surface area contributed by atoms with Crippen molar-refractivity contribution in [2.24, 2.45) is 5.41 Å². The van der Waals surface area contributed by atoms with E-state index in [-0.39, 0.29) is 30.3 Å². The first kappa shape index (κ1) is 22.9. The highest BCUT2D eigenvalue weighted by Gasteiger charge is 2.42. The van der Waals surface area contributed by atoms with Gasteiger partial charge in [0, 0.05) is 31.8 Å². The van der Waals surface area contributed by atoms with Gasteiger partial charge in [0.1, 0.15) is 12.4 Å². The SMILES string of the molecule is COCC(=O)N1CCC(Cc2ccc(-c3ccccc3F)cc2)(C(=O)NC(C)C)CC1. The molecule has 2 aromatic rings. The third kappa shape index (κ3) is 5.50. The monoisotopic (exact) mass is 426 g/mol. The number of piperidine rings is 1. The van der Waals surface area contributed by atoms with E-state index >= 15 is 0 Å². The Morgan fingerprint density at radius 2 is 1.74 bits per heavy atom. The highest BCUT2D eigenvalue weighted by molar-refractivity contribution is 5.84. The first-order valence-corrected chi connectivity index (χ1v) is 10.8. The van der Waals surface area contributed by atoms with Crippen LogP contribution < -0.4 is 5.32 Å². The number of hydrogen-bond donors (Lipinski definition) is 1. The van der Waals surface area contributed by atoms with Crippen molar-refractivity contribution >= 4 is 11.8 Å². The molecule has 0 atom stereocenters. The Morgan fingerprint density at radius 1 is 1.10 bits per heavy atom. The highest BCUT2D eigenvalue weighted by atomic mass is 19.1. The van der Waals surface area contributed by atoms with Crippen molar-refractivity contribution in [3.63, 3.8) is 0 Å². The molecule has 166 valence electrons. The van der Waals surface area contributed by atoms with Gasteiger partial charge in [0.15, 0.2) is 0 Å². The number of nitrogens with one attached hydrogen (secondary N) is 1. The third-order valence-electron chi connectivity index (χ3n) is 5.92. The van der Waals surface area contributed by atoms with Crippen LogP contribution >= 0.6 is 0 Å². The maximum absolute atomic E-state index is 14.1. The number of halogens is 1. The Kier molecular flexibility index (Phi) is 7.44. The van der Waals surface area contributed by atoms with Crippen molar-refractivity contribution in [2.75, 3.05) is 26.8 Å². The molecule has 5 nitrogen and oxygen atoms in total. The van der Waals surface area contributed by atoms with Crippen LogP contribution in [0.25, 0.3) is 11.1 Å². The molecule has 2 aromatic carbocycles. The molecule has 3 rings (SSSR count). The molecule has 31 heavy (non-hydrogen) atoms. The molecule has 0 bridgehead atoms. The summed E-state index contributed by atoms with van der Waals surface area (Å²) in [6.45, 7) is 5.02. The predicted octanol–water partition coefficient (Wildman–Crippen LogP) is 3.82. The highest BCUT2D eigenvalue weighted by Crippen LogP contribution is 2.36. The van der Waals surface area contributed by atoms with E-state index < -0.39 is 5.41 Å². The van der Waals surface area contributed by atoms with Crippen LogP contribution in [-0.2, 0) is 20.7 Å². The zero-order chi connectivity index (χ0) is 22.4. The maximum atomic E-state index is 14.1. The van der Waals surface area contributed by atoms with E-state index in [2.05, 4.69) is 5.32 Å². The van der Waals surface area contributed by atoms with Crippen molar-refractivity contribution in [3.8, 4) is 11.1 Å². The van der Waals surface area contributed by atoms with Crippen LogP contribution in [0, 0.1) is 11.2 Å². The van der Waals surface area contributed by atoms with Crippen LogP contribution in [-0.4, -0.2) is 49.6 Å². The van der Waals surface area contributed by atoms with Crippen molar-refractivity contribution in [2.45, 2.75) is 39.2 Å². The molecule has 0 saturated carbocycles. The summed E-state index contributed by atoms with van der Waals surface area (Å²) in [6, 6.07) is 14.5. The van der Waals surface area contributed by atoms with Gasteiger partial charge in [-0.25, -0.2) is 4.39 Å². The summed E-state index contributed by atoms with van der Waals surface area (Å²) in [5, 5.41) is 3.07. The van der Waals surface area contributed by atoms with E-state index in [0.717, 1.165) is 11.1 Å². The minimum absolute atomic E-state index is 0.0273. The zero-order valence-corrected chi connectivity index (χ0v) is 18.5. The molecular formula is C25H31FN2O3. The Labute approximate surface area is 183 Å². The molecule has 1 aliphatic rings. The van der Waals surface area contributed by atoms with Crippen LogP contribution in [0.4, 0.5) is 4.39 Å². The molecule has 6 heteroatoms. The van der Waals surface area contributed by atoms with Crippen molar-refractivity contribution in [3.05, 3.63) is 59.9 Å². The van der Waals surface area contributed by atoms with E-state index in [1.807, 2.05) is 44.2 Å². The maximum Gasteiger partial charge on any atom is 0.248 e.